The van der Waals surface area contributed by atoms with E-state index in [1.54, 1.807) is 42.6 Å². The summed E-state index contributed by atoms with van der Waals surface area (Å²) in [6.45, 7) is 0. The Morgan fingerprint density at radius 2 is 1.85 bits per heavy atom. The molecule has 0 aliphatic heterocycles. The van der Waals surface area contributed by atoms with Crippen molar-refractivity contribution >= 4 is 29.3 Å². The number of nitrogens with two attached hydrogens (primary N) is 1. The minimum atomic E-state index is -0.586. The third-order valence-corrected chi connectivity index (χ3v) is 3.36. The Bertz CT molecular complexity index is 658. The Morgan fingerprint density at radius 1 is 1.15 bits per heavy atom. The average Bonchev–Trinajstić information content (AvgIpc) is 2.47. The van der Waals surface area contributed by atoms with E-state index >= 15 is 0 Å². The van der Waals surface area contributed by atoms with E-state index in [-0.39, 0.29) is 11.5 Å². The van der Waals surface area contributed by atoms with Crippen LogP contribution >= 0.6 is 11.8 Å². The number of rotatable bonds is 4. The van der Waals surface area contributed by atoms with Gasteiger partial charge in [-0.3, -0.25) is 9.59 Å². The molecule has 0 unspecified atom stereocenters. The number of anilines is 1. The fraction of sp³-hybridized carbons (Fsp3) is 0.0714. The number of benzene rings is 1. The van der Waals surface area contributed by atoms with Crippen LogP contribution in [0.1, 0.15) is 20.7 Å². The summed E-state index contributed by atoms with van der Waals surface area (Å²) in [6, 6.07) is 9.98. The molecule has 0 aliphatic carbocycles. The maximum atomic E-state index is 12.3. The van der Waals surface area contributed by atoms with Crippen LogP contribution in [0.3, 0.4) is 0 Å². The second-order valence-corrected chi connectivity index (χ2v) is 4.72. The number of nitrogens with one attached hydrogen (secondary N) is 1. The van der Waals surface area contributed by atoms with E-state index in [9.17, 15) is 9.59 Å². The molecule has 0 spiro atoms. The van der Waals surface area contributed by atoms with Gasteiger partial charge < -0.3 is 11.1 Å². The van der Waals surface area contributed by atoms with Crippen LogP contribution < -0.4 is 11.1 Å². The third kappa shape index (κ3) is 2.97. The Morgan fingerprint density at radius 3 is 2.55 bits per heavy atom. The van der Waals surface area contributed by atoms with Crippen molar-refractivity contribution in [2.75, 3.05) is 11.6 Å². The molecule has 0 bridgehead atoms. The van der Waals surface area contributed by atoms with Gasteiger partial charge in [0.05, 0.1) is 16.8 Å². The van der Waals surface area contributed by atoms with Crippen LogP contribution in [-0.2, 0) is 0 Å². The first-order chi connectivity index (χ1) is 9.63. The number of hydrogen-bond acceptors (Lipinski definition) is 4. The molecule has 20 heavy (non-hydrogen) atoms. The molecule has 1 heterocycles. The van der Waals surface area contributed by atoms with Gasteiger partial charge in [0.1, 0.15) is 5.03 Å². The highest BCUT2D eigenvalue weighted by atomic mass is 32.2. The van der Waals surface area contributed by atoms with Crippen molar-refractivity contribution in [1.82, 2.24) is 4.98 Å². The van der Waals surface area contributed by atoms with Crippen molar-refractivity contribution in [2.24, 2.45) is 5.73 Å². The van der Waals surface area contributed by atoms with Crippen LogP contribution in [0.25, 0.3) is 0 Å². The number of aromatic nitrogens is 1. The van der Waals surface area contributed by atoms with Crippen LogP contribution in [0.15, 0.2) is 47.6 Å². The number of para-hydroxylation sites is 1. The first-order valence-corrected chi connectivity index (χ1v) is 7.05. The molecular weight excluding hydrogens is 274 g/mol. The van der Waals surface area contributed by atoms with Crippen LogP contribution in [0, 0.1) is 0 Å². The molecule has 0 aliphatic rings. The summed E-state index contributed by atoms with van der Waals surface area (Å²) in [5.41, 5.74) is 6.40. The van der Waals surface area contributed by atoms with Crippen molar-refractivity contribution in [2.45, 2.75) is 5.03 Å². The van der Waals surface area contributed by atoms with Crippen molar-refractivity contribution < 1.29 is 9.59 Å². The molecule has 2 amide bonds. The summed E-state index contributed by atoms with van der Waals surface area (Å²) >= 11 is 1.38. The van der Waals surface area contributed by atoms with E-state index < -0.39 is 5.91 Å². The van der Waals surface area contributed by atoms with Crippen LogP contribution in [0.2, 0.25) is 0 Å². The quantitative estimate of drug-likeness (QED) is 0.844. The second-order valence-electron chi connectivity index (χ2n) is 3.92. The molecular formula is C14H13N3O2S. The Labute approximate surface area is 120 Å². The summed E-state index contributed by atoms with van der Waals surface area (Å²) in [6.07, 6.45) is 3.47. The molecule has 0 saturated carbocycles. The Kier molecular flexibility index (Phi) is 4.37. The molecule has 2 rings (SSSR count). The highest BCUT2D eigenvalue weighted by Crippen LogP contribution is 2.20. The number of carbonyl (C=O) groups is 2. The van der Waals surface area contributed by atoms with E-state index in [1.165, 1.54) is 11.8 Å². The molecule has 2 aromatic rings. The van der Waals surface area contributed by atoms with E-state index in [0.29, 0.717) is 16.3 Å². The zero-order chi connectivity index (χ0) is 14.5. The molecule has 0 fully saturated rings. The molecule has 0 radical (unpaired) electrons. The lowest BCUT2D eigenvalue weighted by molar-refractivity contribution is 0.100. The standard InChI is InChI=1S/C14H13N3O2S/c1-20-14-10(6-4-8-16-14)13(19)17-11-7-3-2-5-9(11)12(15)18/h2-8H,1H3,(H2,15,18)(H,17,19). The number of carbonyl (C=O) groups excluding carboxylic acids is 2. The Hall–Kier alpha value is -2.34. The number of thioether (sulfide) groups is 1. The van der Waals surface area contributed by atoms with Crippen LogP contribution in [-0.4, -0.2) is 23.1 Å². The molecule has 3 N–H and O–H groups in total. The lowest BCUT2D eigenvalue weighted by Gasteiger charge is -2.10. The highest BCUT2D eigenvalue weighted by Gasteiger charge is 2.14. The van der Waals surface area contributed by atoms with E-state index in [0.717, 1.165) is 0 Å². The molecule has 1 aromatic heterocycles. The minimum Gasteiger partial charge on any atom is -0.366 e. The van der Waals surface area contributed by atoms with Gasteiger partial charge in [-0.05, 0) is 30.5 Å². The summed E-state index contributed by atoms with van der Waals surface area (Å²) in [7, 11) is 0. The summed E-state index contributed by atoms with van der Waals surface area (Å²) < 4.78 is 0. The maximum Gasteiger partial charge on any atom is 0.258 e. The molecule has 102 valence electrons. The van der Waals surface area contributed by atoms with Gasteiger partial charge in [0.15, 0.2) is 0 Å². The predicted octanol–water partition coefficient (Wildman–Crippen LogP) is 2.15. The number of pyridine rings is 1. The average molecular weight is 287 g/mol. The lowest BCUT2D eigenvalue weighted by Crippen LogP contribution is -2.18. The second kappa shape index (κ2) is 6.21. The van der Waals surface area contributed by atoms with Gasteiger partial charge in [-0.25, -0.2) is 4.98 Å². The zero-order valence-corrected chi connectivity index (χ0v) is 11.6. The molecule has 5 nitrogen and oxygen atoms in total. The fourth-order valence-corrected chi connectivity index (χ4v) is 2.27. The molecule has 1 aromatic carbocycles. The number of hydrogen-bond donors (Lipinski definition) is 2. The summed E-state index contributed by atoms with van der Waals surface area (Å²) in [4.78, 5) is 27.7. The highest BCUT2D eigenvalue weighted by molar-refractivity contribution is 7.98. The zero-order valence-electron chi connectivity index (χ0n) is 10.8. The SMILES string of the molecule is CSc1ncccc1C(=O)Nc1ccccc1C(N)=O. The number of amides is 2. The fourth-order valence-electron chi connectivity index (χ4n) is 1.72. The smallest absolute Gasteiger partial charge is 0.258 e. The largest absolute Gasteiger partial charge is 0.366 e. The van der Waals surface area contributed by atoms with Gasteiger partial charge in [0, 0.05) is 6.20 Å². The number of nitrogens with zero attached hydrogens (tertiary/aromatic N) is 1. The van der Waals surface area contributed by atoms with Crippen molar-refractivity contribution in [3.05, 3.63) is 53.7 Å². The van der Waals surface area contributed by atoms with E-state index in [1.807, 2.05) is 6.26 Å². The summed E-state index contributed by atoms with van der Waals surface area (Å²) in [5.74, 6) is -0.909. The number of primary amides is 1. The molecule has 0 saturated heterocycles. The van der Waals surface area contributed by atoms with Gasteiger partial charge in [-0.1, -0.05) is 12.1 Å². The van der Waals surface area contributed by atoms with Crippen molar-refractivity contribution in [1.29, 1.82) is 0 Å². The monoisotopic (exact) mass is 287 g/mol. The first kappa shape index (κ1) is 14.1. The topological polar surface area (TPSA) is 85.1 Å². The van der Waals surface area contributed by atoms with Crippen molar-refractivity contribution in [3.8, 4) is 0 Å². The van der Waals surface area contributed by atoms with Crippen LogP contribution in [0.5, 0.6) is 0 Å². The predicted molar refractivity (Wildman–Crippen MR) is 78.9 cm³/mol. The van der Waals surface area contributed by atoms with Gasteiger partial charge in [-0.2, -0.15) is 0 Å². The normalized spacial score (nSPS) is 10.1. The third-order valence-electron chi connectivity index (χ3n) is 2.65. The van der Waals surface area contributed by atoms with E-state index in [2.05, 4.69) is 10.3 Å². The van der Waals surface area contributed by atoms with Crippen molar-refractivity contribution in [3.63, 3.8) is 0 Å². The maximum absolute atomic E-state index is 12.3. The van der Waals surface area contributed by atoms with Gasteiger partial charge in [0.2, 0.25) is 0 Å². The molecule has 6 heteroatoms. The van der Waals surface area contributed by atoms with Crippen LogP contribution in [0.4, 0.5) is 5.69 Å². The Balaban J connectivity index is 2.31. The van der Waals surface area contributed by atoms with Gasteiger partial charge in [0.25, 0.3) is 11.8 Å². The minimum absolute atomic E-state index is 0.274. The first-order valence-electron chi connectivity index (χ1n) is 5.82. The molecule has 0 atom stereocenters. The summed E-state index contributed by atoms with van der Waals surface area (Å²) in [5, 5.41) is 3.32. The van der Waals surface area contributed by atoms with Gasteiger partial charge in [-0.15, -0.1) is 11.8 Å². The van der Waals surface area contributed by atoms with Gasteiger partial charge >= 0.3 is 0 Å². The van der Waals surface area contributed by atoms with E-state index in [4.69, 9.17) is 5.73 Å². The lowest BCUT2D eigenvalue weighted by atomic mass is 10.1.